The van der Waals surface area contributed by atoms with Crippen LogP contribution in [0.2, 0.25) is 0 Å². The highest BCUT2D eigenvalue weighted by atomic mass is 79.9. The van der Waals surface area contributed by atoms with Crippen molar-refractivity contribution < 1.29 is 4.79 Å². The van der Waals surface area contributed by atoms with E-state index in [2.05, 4.69) is 15.9 Å². The summed E-state index contributed by atoms with van der Waals surface area (Å²) in [6.45, 7) is 1.68. The summed E-state index contributed by atoms with van der Waals surface area (Å²) >= 11 is 3.30. The minimum absolute atomic E-state index is 0.0994. The Bertz CT molecular complexity index is 515. The van der Waals surface area contributed by atoms with Gasteiger partial charge in [-0.3, -0.25) is 9.59 Å². The molecule has 70 valence electrons. The maximum Gasteiger partial charge on any atom is 0.188 e. The summed E-state index contributed by atoms with van der Waals surface area (Å²) in [5, 5.41) is 0. The fourth-order valence-electron chi connectivity index (χ4n) is 1.55. The SMILES string of the molecule is Cc1c2c(cccc1=O)C(Br)=CC2=O. The summed E-state index contributed by atoms with van der Waals surface area (Å²) in [7, 11) is 0. The second-order valence-electron chi connectivity index (χ2n) is 3.16. The molecular formula is C11H7BrO2. The van der Waals surface area contributed by atoms with Crippen molar-refractivity contribution >= 4 is 26.2 Å². The third-order valence-corrected chi connectivity index (χ3v) is 2.94. The molecule has 0 unspecified atom stereocenters. The first-order valence-corrected chi connectivity index (χ1v) is 4.96. The summed E-state index contributed by atoms with van der Waals surface area (Å²) in [5.74, 6) is -0.0994. The molecule has 2 nitrogen and oxygen atoms in total. The number of halogens is 1. The van der Waals surface area contributed by atoms with Crippen molar-refractivity contribution in [3.8, 4) is 0 Å². The monoisotopic (exact) mass is 250 g/mol. The molecule has 0 atom stereocenters. The van der Waals surface area contributed by atoms with Crippen molar-refractivity contribution in [1.82, 2.24) is 0 Å². The van der Waals surface area contributed by atoms with Crippen LogP contribution in [0.1, 0.15) is 21.5 Å². The Morgan fingerprint density at radius 1 is 1.21 bits per heavy atom. The van der Waals surface area contributed by atoms with E-state index < -0.39 is 0 Å². The first-order valence-electron chi connectivity index (χ1n) is 4.17. The molecule has 1 aromatic carbocycles. The average Bonchev–Trinajstić information content (AvgIpc) is 2.29. The molecule has 0 aliphatic heterocycles. The van der Waals surface area contributed by atoms with Crippen LogP contribution in [0.5, 0.6) is 0 Å². The number of carbonyl (C=O) groups excluding carboxylic acids is 1. The van der Waals surface area contributed by atoms with E-state index in [0.717, 1.165) is 10.0 Å². The molecule has 0 heterocycles. The molecule has 0 saturated heterocycles. The molecule has 2 rings (SSSR count). The van der Waals surface area contributed by atoms with Crippen LogP contribution in [0.15, 0.2) is 29.1 Å². The lowest BCUT2D eigenvalue weighted by Crippen LogP contribution is -2.05. The van der Waals surface area contributed by atoms with Crippen molar-refractivity contribution in [3.05, 3.63) is 51.2 Å². The Hall–Kier alpha value is -1.22. The van der Waals surface area contributed by atoms with E-state index in [0.29, 0.717) is 11.1 Å². The Morgan fingerprint density at radius 3 is 2.64 bits per heavy atom. The molecular weight excluding hydrogens is 244 g/mol. The van der Waals surface area contributed by atoms with Crippen molar-refractivity contribution in [2.24, 2.45) is 0 Å². The molecule has 14 heavy (non-hydrogen) atoms. The predicted molar refractivity (Wildman–Crippen MR) is 58.7 cm³/mol. The van der Waals surface area contributed by atoms with Gasteiger partial charge in [0.25, 0.3) is 0 Å². The molecule has 1 aromatic rings. The largest absolute Gasteiger partial charge is 0.290 e. The maximum atomic E-state index is 11.5. The van der Waals surface area contributed by atoms with E-state index in [-0.39, 0.29) is 11.2 Å². The minimum atomic E-state index is -0.102. The van der Waals surface area contributed by atoms with Crippen molar-refractivity contribution in [1.29, 1.82) is 0 Å². The van der Waals surface area contributed by atoms with Crippen LogP contribution in [0.3, 0.4) is 0 Å². The predicted octanol–water partition coefficient (Wildman–Crippen LogP) is 2.29. The van der Waals surface area contributed by atoms with Crippen molar-refractivity contribution in [3.63, 3.8) is 0 Å². The second kappa shape index (κ2) is 3.17. The van der Waals surface area contributed by atoms with Crippen molar-refractivity contribution in [2.75, 3.05) is 0 Å². The molecule has 1 aliphatic carbocycles. The normalized spacial score (nSPS) is 13.9. The van der Waals surface area contributed by atoms with Gasteiger partial charge in [-0.2, -0.15) is 0 Å². The number of allylic oxidation sites excluding steroid dienone is 1. The highest BCUT2D eigenvalue weighted by Crippen LogP contribution is 2.31. The highest BCUT2D eigenvalue weighted by Gasteiger charge is 2.21. The van der Waals surface area contributed by atoms with Gasteiger partial charge in [0.1, 0.15) is 0 Å². The van der Waals surface area contributed by atoms with Crippen molar-refractivity contribution in [2.45, 2.75) is 6.92 Å². The van der Waals surface area contributed by atoms with Crippen LogP contribution < -0.4 is 5.43 Å². The fourth-order valence-corrected chi connectivity index (χ4v) is 2.09. The quantitative estimate of drug-likeness (QED) is 0.708. The Balaban J connectivity index is 2.92. The van der Waals surface area contributed by atoms with Crippen LogP contribution in [0.4, 0.5) is 0 Å². The van der Waals surface area contributed by atoms with Gasteiger partial charge < -0.3 is 0 Å². The Morgan fingerprint density at radius 2 is 1.93 bits per heavy atom. The summed E-state index contributed by atoms with van der Waals surface area (Å²) in [4.78, 5) is 23.0. The minimum Gasteiger partial charge on any atom is -0.290 e. The zero-order chi connectivity index (χ0) is 10.3. The Labute approximate surface area is 89.4 Å². The summed E-state index contributed by atoms with van der Waals surface area (Å²) in [6.07, 6.45) is 1.50. The zero-order valence-electron chi connectivity index (χ0n) is 7.50. The van der Waals surface area contributed by atoms with Gasteiger partial charge in [0.05, 0.1) is 0 Å². The molecule has 0 N–H and O–H groups in total. The summed E-state index contributed by atoms with van der Waals surface area (Å²) in [6, 6.07) is 4.91. The van der Waals surface area contributed by atoms with Gasteiger partial charge in [0.2, 0.25) is 0 Å². The van der Waals surface area contributed by atoms with Crippen LogP contribution in [-0.4, -0.2) is 5.78 Å². The average molecular weight is 251 g/mol. The summed E-state index contributed by atoms with van der Waals surface area (Å²) < 4.78 is 0.746. The zero-order valence-corrected chi connectivity index (χ0v) is 9.09. The second-order valence-corrected chi connectivity index (χ2v) is 4.01. The van der Waals surface area contributed by atoms with E-state index in [4.69, 9.17) is 0 Å². The molecule has 0 fully saturated rings. The van der Waals surface area contributed by atoms with Gasteiger partial charge in [-0.15, -0.1) is 0 Å². The lowest BCUT2D eigenvalue weighted by Gasteiger charge is -1.95. The number of rotatable bonds is 0. The third-order valence-electron chi connectivity index (χ3n) is 2.29. The molecule has 0 spiro atoms. The van der Waals surface area contributed by atoms with Gasteiger partial charge in [0.15, 0.2) is 11.2 Å². The van der Waals surface area contributed by atoms with Gasteiger partial charge in [0, 0.05) is 27.2 Å². The molecule has 1 aliphatic rings. The smallest absolute Gasteiger partial charge is 0.188 e. The molecule has 0 aromatic heterocycles. The molecule has 0 bridgehead atoms. The number of fused-ring (bicyclic) bond motifs is 1. The molecule has 0 radical (unpaired) electrons. The number of hydrogen-bond donors (Lipinski definition) is 0. The van der Waals surface area contributed by atoms with E-state index in [9.17, 15) is 9.59 Å². The highest BCUT2D eigenvalue weighted by molar-refractivity contribution is 9.15. The lowest BCUT2D eigenvalue weighted by atomic mass is 10.1. The Kier molecular flexibility index (Phi) is 2.11. The first-order chi connectivity index (χ1) is 6.61. The van der Waals surface area contributed by atoms with Crippen LogP contribution in [0.25, 0.3) is 4.48 Å². The fraction of sp³-hybridized carbons (Fsp3) is 0.0909. The van der Waals surface area contributed by atoms with E-state index in [1.54, 1.807) is 19.1 Å². The van der Waals surface area contributed by atoms with E-state index in [1.807, 2.05) is 0 Å². The number of hydrogen-bond acceptors (Lipinski definition) is 2. The standard InChI is InChI=1S/C11H7BrO2/c1-6-9(13)4-2-3-7-8(12)5-10(14)11(6)7/h2-5H,1H3. The van der Waals surface area contributed by atoms with Gasteiger partial charge >= 0.3 is 0 Å². The number of carbonyl (C=O) groups is 1. The van der Waals surface area contributed by atoms with E-state index >= 15 is 0 Å². The summed E-state index contributed by atoms with van der Waals surface area (Å²) in [5.41, 5.74) is 1.73. The van der Waals surface area contributed by atoms with Crippen LogP contribution >= 0.6 is 15.9 Å². The third kappa shape index (κ3) is 1.24. The van der Waals surface area contributed by atoms with E-state index in [1.165, 1.54) is 12.1 Å². The number of ketones is 1. The molecule has 3 heteroatoms. The van der Waals surface area contributed by atoms with Crippen LogP contribution in [-0.2, 0) is 0 Å². The topological polar surface area (TPSA) is 34.1 Å². The van der Waals surface area contributed by atoms with Crippen LogP contribution in [0, 0.1) is 6.92 Å². The molecule has 0 amide bonds. The lowest BCUT2D eigenvalue weighted by molar-refractivity contribution is 0.104. The molecule has 0 saturated carbocycles. The van der Waals surface area contributed by atoms with Gasteiger partial charge in [-0.05, 0) is 13.0 Å². The maximum absolute atomic E-state index is 11.5. The van der Waals surface area contributed by atoms with Gasteiger partial charge in [-0.1, -0.05) is 28.1 Å². The first kappa shape index (κ1) is 9.34. The van der Waals surface area contributed by atoms with Gasteiger partial charge in [-0.25, -0.2) is 0 Å².